The molecule has 0 bridgehead atoms. The number of rotatable bonds is 5. The summed E-state index contributed by atoms with van der Waals surface area (Å²) in [5, 5.41) is 8.95. The lowest BCUT2D eigenvalue weighted by atomic mass is 10.1. The third kappa shape index (κ3) is 4.48. The van der Waals surface area contributed by atoms with Crippen molar-refractivity contribution in [2.45, 2.75) is 18.1 Å². The predicted octanol–water partition coefficient (Wildman–Crippen LogP) is 3.34. The largest absolute Gasteiger partial charge is 0.480 e. The molecule has 1 N–H and O–H groups in total. The maximum absolute atomic E-state index is 12.5. The Morgan fingerprint density at radius 3 is 2.40 bits per heavy atom. The van der Waals surface area contributed by atoms with Crippen molar-refractivity contribution in [2.24, 2.45) is 4.99 Å². The Kier molecular flexibility index (Phi) is 5.50. The van der Waals surface area contributed by atoms with Crippen LogP contribution in [0, 0.1) is 0 Å². The van der Waals surface area contributed by atoms with Crippen LogP contribution < -0.4 is 0 Å². The summed E-state index contributed by atoms with van der Waals surface area (Å²) in [5.74, 6) is -1.18. The lowest BCUT2D eigenvalue weighted by Gasteiger charge is -2.30. The van der Waals surface area contributed by atoms with Gasteiger partial charge in [-0.1, -0.05) is 60.3 Å². The van der Waals surface area contributed by atoms with Crippen LogP contribution in [-0.2, 0) is 16.0 Å². The third-order valence-electron chi connectivity index (χ3n) is 3.86. The van der Waals surface area contributed by atoms with Gasteiger partial charge in [-0.2, -0.15) is 0 Å². The van der Waals surface area contributed by atoms with Gasteiger partial charge in [-0.25, -0.2) is 4.99 Å². The van der Waals surface area contributed by atoms with Gasteiger partial charge in [-0.3, -0.25) is 14.5 Å². The lowest BCUT2D eigenvalue weighted by molar-refractivity contribution is -0.139. The second-order valence-electron chi connectivity index (χ2n) is 5.66. The molecule has 1 heterocycles. The first-order valence-corrected chi connectivity index (χ1v) is 8.89. The second kappa shape index (κ2) is 7.98. The number of aliphatic carboxylic acids is 1. The van der Waals surface area contributed by atoms with Crippen LogP contribution in [0.2, 0.25) is 0 Å². The number of aliphatic imine (C=N–C) groups is 1. The summed E-state index contributed by atoms with van der Waals surface area (Å²) in [7, 11) is 0. The van der Waals surface area contributed by atoms with Crippen molar-refractivity contribution in [2.75, 3.05) is 6.54 Å². The number of nitrogens with zero attached hydrogens (tertiary/aromatic N) is 2. The van der Waals surface area contributed by atoms with Gasteiger partial charge in [0, 0.05) is 6.54 Å². The Labute approximate surface area is 150 Å². The van der Waals surface area contributed by atoms with E-state index in [-0.39, 0.29) is 12.3 Å². The van der Waals surface area contributed by atoms with Gasteiger partial charge >= 0.3 is 5.97 Å². The molecule has 0 unspecified atom stereocenters. The number of carbonyl (C=O) groups is 2. The van der Waals surface area contributed by atoms with Crippen LogP contribution in [0.4, 0.5) is 5.69 Å². The highest BCUT2D eigenvalue weighted by Gasteiger charge is 2.35. The normalized spacial score (nSPS) is 19.2. The number of amides is 1. The van der Waals surface area contributed by atoms with Gasteiger partial charge in [0.1, 0.15) is 5.25 Å². The first-order valence-electron chi connectivity index (χ1n) is 8.01. The summed E-state index contributed by atoms with van der Waals surface area (Å²) in [4.78, 5) is 30.0. The van der Waals surface area contributed by atoms with E-state index in [2.05, 4.69) is 4.99 Å². The zero-order valence-corrected chi connectivity index (χ0v) is 14.4. The monoisotopic (exact) mass is 354 g/mol. The lowest BCUT2D eigenvalue weighted by Crippen LogP contribution is -2.44. The molecule has 2 aromatic carbocycles. The number of carboxylic acid groups (broad SMARTS) is 1. The van der Waals surface area contributed by atoms with Crippen LogP contribution in [-0.4, -0.2) is 38.8 Å². The molecule has 25 heavy (non-hydrogen) atoms. The molecule has 1 amide bonds. The molecule has 128 valence electrons. The van der Waals surface area contributed by atoms with Crippen LogP contribution in [0.25, 0.3) is 0 Å². The quantitative estimate of drug-likeness (QED) is 0.894. The van der Waals surface area contributed by atoms with E-state index < -0.39 is 11.2 Å². The molecule has 0 spiro atoms. The SMILES string of the molecule is O=C(O)[C@H]1CC(=O)N(CCc2ccccc2)C(=Nc2ccccc2)S1. The van der Waals surface area contributed by atoms with Crippen LogP contribution in [0.1, 0.15) is 12.0 Å². The zero-order chi connectivity index (χ0) is 17.6. The zero-order valence-electron chi connectivity index (χ0n) is 13.5. The van der Waals surface area contributed by atoms with Crippen molar-refractivity contribution in [1.82, 2.24) is 4.90 Å². The average Bonchev–Trinajstić information content (AvgIpc) is 2.62. The molecule has 0 radical (unpaired) electrons. The van der Waals surface area contributed by atoms with Gasteiger partial charge in [0.25, 0.3) is 0 Å². The molecule has 2 aromatic rings. The third-order valence-corrected chi connectivity index (χ3v) is 5.04. The van der Waals surface area contributed by atoms with E-state index in [0.717, 1.165) is 17.3 Å². The van der Waals surface area contributed by atoms with Crippen molar-refractivity contribution in [3.05, 3.63) is 66.2 Å². The molecule has 0 aromatic heterocycles. The Morgan fingerprint density at radius 2 is 1.76 bits per heavy atom. The summed E-state index contributed by atoms with van der Waals surface area (Å²) < 4.78 is 0. The molecule has 6 heteroatoms. The van der Waals surface area contributed by atoms with E-state index >= 15 is 0 Å². The minimum absolute atomic E-state index is 0.0113. The van der Waals surface area contributed by atoms with Crippen molar-refractivity contribution >= 4 is 34.5 Å². The molecular formula is C19H18N2O3S. The minimum Gasteiger partial charge on any atom is -0.480 e. The summed E-state index contributed by atoms with van der Waals surface area (Å²) in [6.45, 7) is 0.480. The fourth-order valence-electron chi connectivity index (χ4n) is 2.55. The van der Waals surface area contributed by atoms with E-state index in [0.29, 0.717) is 23.8 Å². The minimum atomic E-state index is -0.984. The van der Waals surface area contributed by atoms with Gasteiger partial charge in [0.05, 0.1) is 12.1 Å². The Morgan fingerprint density at radius 1 is 1.12 bits per heavy atom. The summed E-state index contributed by atoms with van der Waals surface area (Å²) in [5.41, 5.74) is 1.83. The van der Waals surface area contributed by atoms with Gasteiger partial charge < -0.3 is 5.11 Å². The highest BCUT2D eigenvalue weighted by molar-refractivity contribution is 8.15. The van der Waals surface area contributed by atoms with Crippen molar-refractivity contribution < 1.29 is 14.7 Å². The van der Waals surface area contributed by atoms with E-state index in [1.165, 1.54) is 0 Å². The number of hydrogen-bond donors (Lipinski definition) is 1. The fraction of sp³-hybridized carbons (Fsp3) is 0.211. The van der Waals surface area contributed by atoms with Crippen LogP contribution in [0.3, 0.4) is 0 Å². The van der Waals surface area contributed by atoms with E-state index in [1.54, 1.807) is 4.90 Å². The molecule has 0 aliphatic carbocycles. The highest BCUT2D eigenvalue weighted by Crippen LogP contribution is 2.29. The average molecular weight is 354 g/mol. The number of para-hydroxylation sites is 1. The molecule has 3 rings (SSSR count). The van der Waals surface area contributed by atoms with Crippen molar-refractivity contribution in [3.63, 3.8) is 0 Å². The predicted molar refractivity (Wildman–Crippen MR) is 99.0 cm³/mol. The van der Waals surface area contributed by atoms with Crippen LogP contribution in [0.5, 0.6) is 0 Å². The molecule has 1 aliphatic heterocycles. The topological polar surface area (TPSA) is 70.0 Å². The smallest absolute Gasteiger partial charge is 0.317 e. The molecule has 5 nitrogen and oxygen atoms in total. The van der Waals surface area contributed by atoms with Crippen molar-refractivity contribution in [1.29, 1.82) is 0 Å². The fourth-order valence-corrected chi connectivity index (χ4v) is 3.61. The highest BCUT2D eigenvalue weighted by atomic mass is 32.2. The Hall–Kier alpha value is -2.60. The maximum atomic E-state index is 12.5. The maximum Gasteiger partial charge on any atom is 0.317 e. The summed E-state index contributed by atoms with van der Waals surface area (Å²) in [6, 6.07) is 19.2. The van der Waals surface area contributed by atoms with Crippen molar-refractivity contribution in [3.8, 4) is 0 Å². The van der Waals surface area contributed by atoms with Crippen LogP contribution >= 0.6 is 11.8 Å². The summed E-state index contributed by atoms with van der Waals surface area (Å²) in [6.07, 6.45) is 0.682. The number of carbonyl (C=O) groups excluding carboxylic acids is 1. The van der Waals surface area contributed by atoms with E-state index in [1.807, 2.05) is 60.7 Å². The molecular weight excluding hydrogens is 336 g/mol. The molecule has 1 atom stereocenters. The Balaban J connectivity index is 1.83. The first kappa shape index (κ1) is 17.2. The van der Waals surface area contributed by atoms with Gasteiger partial charge in [-0.05, 0) is 24.1 Å². The van der Waals surface area contributed by atoms with E-state index in [9.17, 15) is 14.7 Å². The molecule has 1 aliphatic rings. The number of amidine groups is 1. The number of carboxylic acids is 1. The summed E-state index contributed by atoms with van der Waals surface area (Å²) >= 11 is 1.14. The number of thioether (sulfide) groups is 1. The van der Waals surface area contributed by atoms with Gasteiger partial charge in [0.2, 0.25) is 5.91 Å². The van der Waals surface area contributed by atoms with Gasteiger partial charge in [0.15, 0.2) is 5.17 Å². The Bertz CT molecular complexity index is 778. The van der Waals surface area contributed by atoms with Crippen LogP contribution in [0.15, 0.2) is 65.7 Å². The van der Waals surface area contributed by atoms with E-state index in [4.69, 9.17) is 0 Å². The molecule has 0 saturated carbocycles. The first-order chi connectivity index (χ1) is 12.1. The molecule has 1 saturated heterocycles. The van der Waals surface area contributed by atoms with Gasteiger partial charge in [-0.15, -0.1) is 0 Å². The standard InChI is InChI=1S/C19H18N2O3S/c22-17-13-16(18(23)24)25-19(20-15-9-5-2-6-10-15)21(17)12-11-14-7-3-1-4-8-14/h1-10,16H,11-13H2,(H,23,24)/t16-/m1/s1. The number of benzene rings is 2. The molecule has 1 fully saturated rings. The second-order valence-corrected chi connectivity index (χ2v) is 6.83. The number of hydrogen-bond acceptors (Lipinski definition) is 4.